The molecule has 0 aliphatic heterocycles. The van der Waals surface area contributed by atoms with Gasteiger partial charge in [0, 0.05) is 0 Å². The van der Waals surface area contributed by atoms with E-state index in [1.54, 1.807) is 13.8 Å². The highest BCUT2D eigenvalue weighted by molar-refractivity contribution is 7.94. The molecule has 21 heavy (non-hydrogen) atoms. The van der Waals surface area contributed by atoms with E-state index in [2.05, 4.69) is 4.72 Å². The van der Waals surface area contributed by atoms with Crippen molar-refractivity contribution in [2.75, 3.05) is 4.72 Å². The van der Waals surface area contributed by atoms with Gasteiger partial charge in [-0.3, -0.25) is 4.72 Å². The molecule has 0 unspecified atom stereocenters. The van der Waals surface area contributed by atoms with Crippen LogP contribution in [0.5, 0.6) is 0 Å². The molecule has 0 aromatic heterocycles. The second-order valence-corrected chi connectivity index (χ2v) is 8.61. The Balaban J connectivity index is 3.38. The first-order chi connectivity index (χ1) is 9.25. The standard InChI is InChI=1S/C14H20F3NO2S/c1-9(2)10-6-7-12(11(8-10)14(15,16)17)18-21(19,20)13(3,4)5/h6-9,18H,1-5H3. The van der Waals surface area contributed by atoms with Gasteiger partial charge >= 0.3 is 6.18 Å². The Hall–Kier alpha value is -1.24. The van der Waals surface area contributed by atoms with Crippen molar-refractivity contribution in [3.05, 3.63) is 29.3 Å². The number of rotatable bonds is 3. The molecule has 0 atom stereocenters. The van der Waals surface area contributed by atoms with Crippen LogP contribution in [0.1, 0.15) is 51.7 Å². The van der Waals surface area contributed by atoms with Crippen LogP contribution in [0.15, 0.2) is 18.2 Å². The summed E-state index contributed by atoms with van der Waals surface area (Å²) in [6.07, 6.45) is -4.62. The van der Waals surface area contributed by atoms with Gasteiger partial charge in [0.15, 0.2) is 0 Å². The minimum atomic E-state index is -4.62. The fourth-order valence-corrected chi connectivity index (χ4v) is 2.32. The predicted octanol–water partition coefficient (Wildman–Crippen LogP) is 4.37. The number of hydrogen-bond acceptors (Lipinski definition) is 2. The van der Waals surface area contributed by atoms with E-state index in [0.29, 0.717) is 5.56 Å². The van der Waals surface area contributed by atoms with Crippen LogP contribution in [-0.4, -0.2) is 13.2 Å². The van der Waals surface area contributed by atoms with Crippen molar-refractivity contribution in [2.45, 2.75) is 51.5 Å². The first kappa shape index (κ1) is 17.8. The zero-order valence-corrected chi connectivity index (χ0v) is 13.5. The van der Waals surface area contributed by atoms with Gasteiger partial charge in [-0.05, 0) is 44.4 Å². The molecule has 0 saturated carbocycles. The monoisotopic (exact) mass is 323 g/mol. The highest BCUT2D eigenvalue weighted by Gasteiger charge is 2.37. The summed E-state index contributed by atoms with van der Waals surface area (Å²) in [7, 11) is -3.92. The average Bonchev–Trinajstić information content (AvgIpc) is 2.25. The summed E-state index contributed by atoms with van der Waals surface area (Å²) in [6, 6.07) is 3.66. The molecule has 1 rings (SSSR count). The van der Waals surface area contributed by atoms with Gasteiger partial charge in [0.1, 0.15) is 0 Å². The molecule has 0 radical (unpaired) electrons. The van der Waals surface area contributed by atoms with Crippen LogP contribution in [0, 0.1) is 0 Å². The molecule has 3 nitrogen and oxygen atoms in total. The van der Waals surface area contributed by atoms with E-state index in [1.165, 1.54) is 32.9 Å². The normalized spacial score (nSPS) is 13.6. The van der Waals surface area contributed by atoms with Crippen LogP contribution in [0.25, 0.3) is 0 Å². The Morgan fingerprint density at radius 1 is 1.10 bits per heavy atom. The molecule has 120 valence electrons. The lowest BCUT2D eigenvalue weighted by atomic mass is 9.99. The van der Waals surface area contributed by atoms with Crippen molar-refractivity contribution in [3.8, 4) is 0 Å². The largest absolute Gasteiger partial charge is 0.418 e. The second-order valence-electron chi connectivity index (χ2n) is 6.18. The summed E-state index contributed by atoms with van der Waals surface area (Å²) in [5.74, 6) is -0.0839. The minimum Gasteiger partial charge on any atom is -0.283 e. The van der Waals surface area contributed by atoms with Crippen molar-refractivity contribution in [2.24, 2.45) is 0 Å². The molecule has 0 spiro atoms. The Kier molecular flexibility index (Phi) is 4.68. The third-order valence-corrected chi connectivity index (χ3v) is 5.17. The van der Waals surface area contributed by atoms with Crippen molar-refractivity contribution in [1.82, 2.24) is 0 Å². The molecule has 1 aromatic rings. The molecule has 7 heteroatoms. The van der Waals surface area contributed by atoms with Gasteiger partial charge in [0.25, 0.3) is 0 Å². The molecule has 0 heterocycles. The molecular formula is C14H20F3NO2S. The van der Waals surface area contributed by atoms with Gasteiger partial charge in [-0.25, -0.2) is 8.42 Å². The smallest absolute Gasteiger partial charge is 0.283 e. The number of halogens is 3. The van der Waals surface area contributed by atoms with E-state index in [1.807, 2.05) is 0 Å². The van der Waals surface area contributed by atoms with E-state index in [9.17, 15) is 21.6 Å². The number of hydrogen-bond donors (Lipinski definition) is 1. The number of benzene rings is 1. The van der Waals surface area contributed by atoms with Crippen molar-refractivity contribution in [3.63, 3.8) is 0 Å². The van der Waals surface area contributed by atoms with Crippen molar-refractivity contribution in [1.29, 1.82) is 0 Å². The Morgan fingerprint density at radius 2 is 1.62 bits per heavy atom. The van der Waals surface area contributed by atoms with E-state index >= 15 is 0 Å². The zero-order chi connectivity index (χ0) is 16.6. The number of nitrogens with one attached hydrogen (secondary N) is 1. The molecule has 0 fully saturated rings. The van der Waals surface area contributed by atoms with Gasteiger partial charge in [-0.15, -0.1) is 0 Å². The quantitative estimate of drug-likeness (QED) is 0.898. The summed E-state index contributed by atoms with van der Waals surface area (Å²) in [5, 5.41) is 0. The van der Waals surface area contributed by atoms with Gasteiger partial charge in [-0.1, -0.05) is 19.9 Å². The second kappa shape index (κ2) is 5.51. The third kappa shape index (κ3) is 4.12. The van der Waals surface area contributed by atoms with Crippen molar-refractivity contribution >= 4 is 15.7 Å². The van der Waals surface area contributed by atoms with Gasteiger partial charge in [0.2, 0.25) is 10.0 Å². The number of anilines is 1. The molecule has 0 saturated heterocycles. The topological polar surface area (TPSA) is 46.2 Å². The lowest BCUT2D eigenvalue weighted by Gasteiger charge is -2.23. The highest BCUT2D eigenvalue weighted by atomic mass is 32.2. The lowest BCUT2D eigenvalue weighted by molar-refractivity contribution is -0.136. The summed E-state index contributed by atoms with van der Waals surface area (Å²) < 4.78 is 64.3. The van der Waals surface area contributed by atoms with Crippen LogP contribution in [0.4, 0.5) is 18.9 Å². The van der Waals surface area contributed by atoms with Gasteiger partial charge in [0.05, 0.1) is 16.0 Å². The third-order valence-electron chi connectivity index (χ3n) is 3.07. The summed E-state index contributed by atoms with van der Waals surface area (Å²) in [6.45, 7) is 7.81. The van der Waals surface area contributed by atoms with E-state index in [-0.39, 0.29) is 5.92 Å². The summed E-state index contributed by atoms with van der Waals surface area (Å²) in [4.78, 5) is 0. The maximum Gasteiger partial charge on any atom is 0.418 e. The first-order valence-electron chi connectivity index (χ1n) is 6.49. The predicted molar refractivity (Wildman–Crippen MR) is 77.8 cm³/mol. The lowest BCUT2D eigenvalue weighted by Crippen LogP contribution is -2.34. The van der Waals surface area contributed by atoms with Crippen LogP contribution >= 0.6 is 0 Å². The van der Waals surface area contributed by atoms with Crippen LogP contribution in [-0.2, 0) is 16.2 Å². The maximum absolute atomic E-state index is 13.1. The van der Waals surface area contributed by atoms with E-state index in [4.69, 9.17) is 0 Å². The van der Waals surface area contributed by atoms with Crippen molar-refractivity contribution < 1.29 is 21.6 Å². The fourth-order valence-electron chi connectivity index (χ4n) is 1.54. The van der Waals surface area contributed by atoms with Crippen LogP contribution in [0.2, 0.25) is 0 Å². The molecule has 1 N–H and O–H groups in total. The molecule has 1 aromatic carbocycles. The molecular weight excluding hydrogens is 303 g/mol. The van der Waals surface area contributed by atoms with Gasteiger partial charge < -0.3 is 0 Å². The van der Waals surface area contributed by atoms with Gasteiger partial charge in [-0.2, -0.15) is 13.2 Å². The molecule has 0 aliphatic carbocycles. The number of alkyl halides is 3. The summed E-state index contributed by atoms with van der Waals surface area (Å²) in [5.41, 5.74) is -0.913. The Bertz CT molecular complexity index is 614. The molecule has 0 bridgehead atoms. The minimum absolute atomic E-state index is 0.0839. The maximum atomic E-state index is 13.1. The first-order valence-corrected chi connectivity index (χ1v) is 7.97. The Morgan fingerprint density at radius 3 is 2.00 bits per heavy atom. The van der Waals surface area contributed by atoms with E-state index < -0.39 is 32.2 Å². The zero-order valence-electron chi connectivity index (χ0n) is 12.7. The van der Waals surface area contributed by atoms with Crippen LogP contribution in [0.3, 0.4) is 0 Å². The Labute approximate surface area is 123 Å². The van der Waals surface area contributed by atoms with E-state index in [0.717, 1.165) is 6.07 Å². The SMILES string of the molecule is CC(C)c1ccc(NS(=O)(=O)C(C)(C)C)c(C(F)(F)F)c1. The summed E-state index contributed by atoms with van der Waals surface area (Å²) >= 11 is 0. The highest BCUT2D eigenvalue weighted by Crippen LogP contribution is 2.37. The molecule has 0 amide bonds. The fraction of sp³-hybridized carbons (Fsp3) is 0.571. The number of sulfonamides is 1. The van der Waals surface area contributed by atoms with Crippen LogP contribution < -0.4 is 4.72 Å². The molecule has 0 aliphatic rings. The average molecular weight is 323 g/mol.